The summed E-state index contributed by atoms with van der Waals surface area (Å²) < 4.78 is 13.4. The second-order valence-corrected chi connectivity index (χ2v) is 14.1. The Morgan fingerprint density at radius 1 is 0.309 bits per heavy atom. The van der Waals surface area contributed by atoms with Gasteiger partial charge in [0.15, 0.2) is 5.58 Å². The van der Waals surface area contributed by atoms with Crippen LogP contribution in [0.2, 0.25) is 0 Å². The van der Waals surface area contributed by atoms with Crippen LogP contribution < -0.4 is 4.90 Å². The highest BCUT2D eigenvalue weighted by molar-refractivity contribution is 6.20. The standard InChI is InChI=1S/C52H33NO2/c1-3-13-34(14-4-1)38-31-39(35-15-5-2-6-16-35)33-40(32-38)36-25-28-41(29-26-36)53(47-22-11-20-44-43-19-9-10-23-48(43)54-52(44)47)46-21-12-24-49-50(46)45-30-27-37-17-7-8-18-42(37)51(45)55-49/h1-33H. The third-order valence-corrected chi connectivity index (χ3v) is 10.8. The molecule has 9 aromatic carbocycles. The average molecular weight is 704 g/mol. The summed E-state index contributed by atoms with van der Waals surface area (Å²) >= 11 is 0. The van der Waals surface area contributed by atoms with Gasteiger partial charge in [0.2, 0.25) is 0 Å². The molecule has 3 heteroatoms. The van der Waals surface area contributed by atoms with Crippen LogP contribution in [0.25, 0.3) is 88.0 Å². The number of rotatable bonds is 6. The Morgan fingerprint density at radius 3 is 1.58 bits per heavy atom. The van der Waals surface area contributed by atoms with Gasteiger partial charge in [-0.15, -0.1) is 0 Å². The zero-order valence-corrected chi connectivity index (χ0v) is 29.8. The molecule has 0 aliphatic rings. The Hall–Kier alpha value is -7.36. The van der Waals surface area contributed by atoms with Crippen molar-refractivity contribution in [3.63, 3.8) is 0 Å². The maximum absolute atomic E-state index is 6.69. The van der Waals surface area contributed by atoms with E-state index >= 15 is 0 Å². The van der Waals surface area contributed by atoms with Crippen molar-refractivity contribution in [3.8, 4) is 33.4 Å². The van der Waals surface area contributed by atoms with Crippen LogP contribution in [0.3, 0.4) is 0 Å². The minimum atomic E-state index is 0.839. The first-order valence-corrected chi connectivity index (χ1v) is 18.7. The van der Waals surface area contributed by atoms with Gasteiger partial charge in [0.1, 0.15) is 16.7 Å². The molecule has 0 bridgehead atoms. The molecule has 0 amide bonds. The third kappa shape index (κ3) is 5.20. The third-order valence-electron chi connectivity index (χ3n) is 10.8. The molecule has 2 heterocycles. The summed E-state index contributed by atoms with van der Waals surface area (Å²) in [6, 6.07) is 70.9. The first-order valence-electron chi connectivity index (χ1n) is 18.7. The summed E-state index contributed by atoms with van der Waals surface area (Å²) in [6.07, 6.45) is 0. The van der Waals surface area contributed by atoms with E-state index in [1.807, 2.05) is 12.1 Å². The van der Waals surface area contributed by atoms with Crippen molar-refractivity contribution in [2.24, 2.45) is 0 Å². The molecular formula is C52H33NO2. The van der Waals surface area contributed by atoms with E-state index in [0.717, 1.165) is 82.8 Å². The molecule has 11 aromatic rings. The molecule has 0 fully saturated rings. The van der Waals surface area contributed by atoms with Crippen molar-refractivity contribution in [2.75, 3.05) is 4.90 Å². The van der Waals surface area contributed by atoms with Crippen molar-refractivity contribution in [2.45, 2.75) is 0 Å². The molecule has 0 spiro atoms. The molecule has 3 nitrogen and oxygen atoms in total. The van der Waals surface area contributed by atoms with Crippen LogP contribution >= 0.6 is 0 Å². The zero-order valence-electron chi connectivity index (χ0n) is 29.8. The van der Waals surface area contributed by atoms with Gasteiger partial charge in [0.25, 0.3) is 0 Å². The molecular weight excluding hydrogens is 671 g/mol. The van der Waals surface area contributed by atoms with E-state index in [9.17, 15) is 0 Å². The van der Waals surface area contributed by atoms with Crippen LogP contribution in [-0.2, 0) is 0 Å². The van der Waals surface area contributed by atoms with E-state index in [0.29, 0.717) is 0 Å². The highest BCUT2D eigenvalue weighted by Crippen LogP contribution is 2.47. The minimum Gasteiger partial charge on any atom is -0.455 e. The average Bonchev–Trinajstić information content (AvgIpc) is 3.84. The number of furan rings is 2. The Labute approximate surface area is 317 Å². The van der Waals surface area contributed by atoms with E-state index in [1.54, 1.807) is 0 Å². The number of para-hydroxylation sites is 2. The van der Waals surface area contributed by atoms with Crippen LogP contribution in [0.4, 0.5) is 17.1 Å². The fourth-order valence-corrected chi connectivity index (χ4v) is 8.23. The Bertz CT molecular complexity index is 3140. The SMILES string of the molecule is c1ccc(-c2cc(-c3ccccc3)cc(-c3ccc(N(c4cccc5c4oc4ccccc45)c4cccc5oc6c7ccccc7ccc6c45)cc3)c2)cc1. The van der Waals surface area contributed by atoms with Gasteiger partial charge >= 0.3 is 0 Å². The van der Waals surface area contributed by atoms with Crippen molar-refractivity contribution >= 4 is 71.7 Å². The molecule has 0 saturated heterocycles. The Kier molecular flexibility index (Phi) is 7.17. The summed E-state index contributed by atoms with van der Waals surface area (Å²) in [4.78, 5) is 2.33. The van der Waals surface area contributed by atoms with Gasteiger partial charge in [-0.25, -0.2) is 0 Å². The molecule has 0 atom stereocenters. The van der Waals surface area contributed by atoms with Gasteiger partial charge in [-0.1, -0.05) is 140 Å². The van der Waals surface area contributed by atoms with Crippen molar-refractivity contribution in [3.05, 3.63) is 200 Å². The van der Waals surface area contributed by atoms with Gasteiger partial charge in [0.05, 0.1) is 16.8 Å². The van der Waals surface area contributed by atoms with E-state index in [1.165, 1.54) is 22.3 Å². The predicted molar refractivity (Wildman–Crippen MR) is 229 cm³/mol. The smallest absolute Gasteiger partial charge is 0.159 e. The van der Waals surface area contributed by atoms with E-state index in [2.05, 4.69) is 193 Å². The lowest BCUT2D eigenvalue weighted by Gasteiger charge is -2.26. The number of nitrogens with zero attached hydrogens (tertiary/aromatic N) is 1. The molecule has 0 unspecified atom stereocenters. The molecule has 258 valence electrons. The molecule has 0 N–H and O–H groups in total. The maximum atomic E-state index is 6.69. The number of benzene rings is 9. The summed E-state index contributed by atoms with van der Waals surface area (Å²) in [7, 11) is 0. The van der Waals surface area contributed by atoms with E-state index in [4.69, 9.17) is 8.83 Å². The quantitative estimate of drug-likeness (QED) is 0.173. The lowest BCUT2D eigenvalue weighted by molar-refractivity contribution is 0.669. The van der Waals surface area contributed by atoms with Crippen LogP contribution in [0.5, 0.6) is 0 Å². The van der Waals surface area contributed by atoms with Crippen molar-refractivity contribution in [1.82, 2.24) is 0 Å². The topological polar surface area (TPSA) is 29.5 Å². The number of anilines is 3. The van der Waals surface area contributed by atoms with Crippen LogP contribution in [0.15, 0.2) is 209 Å². The fraction of sp³-hybridized carbons (Fsp3) is 0. The number of fused-ring (bicyclic) bond motifs is 8. The summed E-state index contributed by atoms with van der Waals surface area (Å²) in [5, 5.41) is 6.57. The van der Waals surface area contributed by atoms with Gasteiger partial charge in [-0.05, 0) is 99.4 Å². The first kappa shape index (κ1) is 31.2. The Balaban J connectivity index is 1.12. The fourth-order valence-electron chi connectivity index (χ4n) is 8.23. The highest BCUT2D eigenvalue weighted by atomic mass is 16.3. The van der Waals surface area contributed by atoms with Crippen LogP contribution in [0.1, 0.15) is 0 Å². The lowest BCUT2D eigenvalue weighted by atomic mass is 9.93. The number of hydrogen-bond donors (Lipinski definition) is 0. The largest absolute Gasteiger partial charge is 0.455 e. The van der Waals surface area contributed by atoms with Gasteiger partial charge in [-0.2, -0.15) is 0 Å². The summed E-state index contributed by atoms with van der Waals surface area (Å²) in [5.74, 6) is 0. The van der Waals surface area contributed by atoms with Crippen molar-refractivity contribution < 1.29 is 8.83 Å². The monoisotopic (exact) mass is 703 g/mol. The second-order valence-electron chi connectivity index (χ2n) is 14.1. The molecule has 0 saturated carbocycles. The van der Waals surface area contributed by atoms with Gasteiger partial charge in [-0.3, -0.25) is 0 Å². The normalized spacial score (nSPS) is 11.6. The lowest BCUT2D eigenvalue weighted by Crippen LogP contribution is -2.10. The molecule has 0 aliphatic heterocycles. The second kappa shape index (κ2) is 12.6. The number of hydrogen-bond acceptors (Lipinski definition) is 3. The molecule has 0 radical (unpaired) electrons. The molecule has 0 aliphatic carbocycles. The summed E-state index contributed by atoms with van der Waals surface area (Å²) in [5.41, 5.74) is 13.5. The van der Waals surface area contributed by atoms with Crippen LogP contribution in [-0.4, -0.2) is 0 Å². The molecule has 11 rings (SSSR count). The molecule has 2 aromatic heterocycles. The summed E-state index contributed by atoms with van der Waals surface area (Å²) in [6.45, 7) is 0. The molecule has 55 heavy (non-hydrogen) atoms. The first-order chi connectivity index (χ1) is 27.3. The maximum Gasteiger partial charge on any atom is 0.159 e. The van der Waals surface area contributed by atoms with Crippen molar-refractivity contribution in [1.29, 1.82) is 0 Å². The van der Waals surface area contributed by atoms with E-state index < -0.39 is 0 Å². The van der Waals surface area contributed by atoms with Gasteiger partial charge in [0, 0.05) is 27.2 Å². The predicted octanol–water partition coefficient (Wildman–Crippen LogP) is 15.1. The Morgan fingerprint density at radius 2 is 0.855 bits per heavy atom. The van der Waals surface area contributed by atoms with Gasteiger partial charge < -0.3 is 13.7 Å². The highest BCUT2D eigenvalue weighted by Gasteiger charge is 2.24. The van der Waals surface area contributed by atoms with E-state index in [-0.39, 0.29) is 0 Å². The van der Waals surface area contributed by atoms with Crippen LogP contribution in [0, 0.1) is 0 Å². The minimum absolute atomic E-state index is 0.839. The zero-order chi connectivity index (χ0) is 36.3.